The SMILES string of the molecule is CBC(C)(C)C. The van der Waals surface area contributed by atoms with Gasteiger partial charge in [0.1, 0.15) is 7.28 Å². The molecule has 0 radical (unpaired) electrons. The first-order chi connectivity index (χ1) is 2.56. The topological polar surface area (TPSA) is 0 Å². The fraction of sp³-hybridized carbons (Fsp3) is 1.00. The molecule has 6 heavy (non-hydrogen) atoms. The Hall–Kier alpha value is 0.0649. The van der Waals surface area contributed by atoms with Crippen molar-refractivity contribution in [3.8, 4) is 0 Å². The molecule has 0 saturated heterocycles. The Kier molecular flexibility index (Phi) is 1.69. The lowest BCUT2D eigenvalue weighted by Gasteiger charge is -2.11. The maximum atomic E-state index is 2.24. The standard InChI is InChI=1S/C5H13B/c1-5(2,3)6-4/h6H,1-4H3. The van der Waals surface area contributed by atoms with Gasteiger partial charge in [-0.3, -0.25) is 0 Å². The van der Waals surface area contributed by atoms with Gasteiger partial charge in [0.05, 0.1) is 0 Å². The van der Waals surface area contributed by atoms with Crippen molar-refractivity contribution in [3.05, 3.63) is 0 Å². The number of hydrogen-bond donors (Lipinski definition) is 0. The Morgan fingerprint density at radius 3 is 1.33 bits per heavy atom. The second-order valence-electron chi connectivity index (χ2n) is 2.91. The molecule has 0 fully saturated rings. The van der Waals surface area contributed by atoms with E-state index in [4.69, 9.17) is 0 Å². The van der Waals surface area contributed by atoms with Gasteiger partial charge in [0.25, 0.3) is 0 Å². The molecule has 0 bridgehead atoms. The van der Waals surface area contributed by atoms with E-state index in [1.54, 1.807) is 0 Å². The van der Waals surface area contributed by atoms with E-state index in [0.717, 1.165) is 0 Å². The van der Waals surface area contributed by atoms with Gasteiger partial charge in [0, 0.05) is 0 Å². The summed E-state index contributed by atoms with van der Waals surface area (Å²) >= 11 is 0. The van der Waals surface area contributed by atoms with Crippen LogP contribution in [0.25, 0.3) is 0 Å². The summed E-state index contributed by atoms with van der Waals surface area (Å²) in [5, 5.41) is 0.542. The van der Waals surface area contributed by atoms with E-state index in [-0.39, 0.29) is 0 Å². The van der Waals surface area contributed by atoms with Gasteiger partial charge in [0.15, 0.2) is 0 Å². The molecule has 0 aliphatic rings. The first-order valence-electron chi connectivity index (χ1n) is 2.56. The van der Waals surface area contributed by atoms with Crippen LogP contribution in [0.4, 0.5) is 0 Å². The van der Waals surface area contributed by atoms with Gasteiger partial charge in [-0.05, 0) is 0 Å². The van der Waals surface area contributed by atoms with Crippen molar-refractivity contribution < 1.29 is 0 Å². The molecular weight excluding hydrogens is 70.9 g/mol. The molecule has 1 heteroatoms. The molecule has 0 spiro atoms. The van der Waals surface area contributed by atoms with E-state index in [1.807, 2.05) is 0 Å². The lowest BCUT2D eigenvalue weighted by molar-refractivity contribution is 0.756. The van der Waals surface area contributed by atoms with Gasteiger partial charge in [-0.1, -0.05) is 32.9 Å². The molecule has 0 atom stereocenters. The zero-order valence-corrected chi connectivity index (χ0v) is 5.21. The molecule has 0 aromatic carbocycles. The monoisotopic (exact) mass is 84.1 g/mol. The summed E-state index contributed by atoms with van der Waals surface area (Å²) in [6.45, 7) is 8.94. The molecule has 0 amide bonds. The van der Waals surface area contributed by atoms with Crippen LogP contribution in [0.1, 0.15) is 20.8 Å². The Balaban J connectivity index is 3.17. The quantitative estimate of drug-likeness (QED) is 0.392. The summed E-state index contributed by atoms with van der Waals surface area (Å²) in [6.07, 6.45) is 0. The van der Waals surface area contributed by atoms with Gasteiger partial charge in [-0.2, -0.15) is 0 Å². The van der Waals surface area contributed by atoms with Gasteiger partial charge in [-0.25, -0.2) is 0 Å². The van der Waals surface area contributed by atoms with E-state index >= 15 is 0 Å². The van der Waals surface area contributed by atoms with Crippen molar-refractivity contribution in [2.24, 2.45) is 0 Å². The van der Waals surface area contributed by atoms with Crippen LogP contribution in [-0.4, -0.2) is 7.28 Å². The fourth-order valence-corrected chi connectivity index (χ4v) is 0. The molecule has 0 nitrogen and oxygen atoms in total. The smallest absolute Gasteiger partial charge is 0.0889 e. The molecule has 0 aliphatic carbocycles. The van der Waals surface area contributed by atoms with E-state index in [0.29, 0.717) is 5.31 Å². The Labute approximate surface area is 41.2 Å². The number of rotatable bonds is 0. The van der Waals surface area contributed by atoms with Crippen molar-refractivity contribution in [3.63, 3.8) is 0 Å². The predicted octanol–water partition coefficient (Wildman–Crippen LogP) is 1.69. The maximum absolute atomic E-state index is 2.24. The predicted molar refractivity (Wildman–Crippen MR) is 32.7 cm³/mol. The second kappa shape index (κ2) is 1.68. The summed E-state index contributed by atoms with van der Waals surface area (Å²) in [6, 6.07) is 0. The highest BCUT2D eigenvalue weighted by Crippen LogP contribution is 2.18. The van der Waals surface area contributed by atoms with Crippen LogP contribution in [0.2, 0.25) is 12.1 Å². The highest BCUT2D eigenvalue weighted by Gasteiger charge is 2.05. The number of hydrogen-bond acceptors (Lipinski definition) is 0. The normalized spacial score (nSPS) is 11.3. The lowest BCUT2D eigenvalue weighted by atomic mass is 9.57. The lowest BCUT2D eigenvalue weighted by Crippen LogP contribution is -2.01. The fourth-order valence-electron chi connectivity index (χ4n) is 0. The van der Waals surface area contributed by atoms with Crippen molar-refractivity contribution in [1.29, 1.82) is 0 Å². The van der Waals surface area contributed by atoms with Gasteiger partial charge in [0.2, 0.25) is 0 Å². The molecule has 0 N–H and O–H groups in total. The van der Waals surface area contributed by atoms with E-state index < -0.39 is 0 Å². The highest BCUT2D eigenvalue weighted by molar-refractivity contribution is 6.37. The molecular formula is C5H13B. The zero-order valence-electron chi connectivity index (χ0n) is 5.21. The van der Waals surface area contributed by atoms with Crippen LogP contribution in [0.3, 0.4) is 0 Å². The van der Waals surface area contributed by atoms with Crippen LogP contribution >= 0.6 is 0 Å². The van der Waals surface area contributed by atoms with Gasteiger partial charge >= 0.3 is 0 Å². The summed E-state index contributed by atoms with van der Waals surface area (Å²) in [4.78, 5) is 0. The molecule has 0 aliphatic heterocycles. The van der Waals surface area contributed by atoms with Crippen molar-refractivity contribution >= 4 is 7.28 Å². The van der Waals surface area contributed by atoms with Crippen LogP contribution in [0, 0.1) is 0 Å². The van der Waals surface area contributed by atoms with Gasteiger partial charge in [-0.15, -0.1) is 0 Å². The highest BCUT2D eigenvalue weighted by atomic mass is 13.9. The van der Waals surface area contributed by atoms with Crippen molar-refractivity contribution in [2.75, 3.05) is 0 Å². The Morgan fingerprint density at radius 1 is 1.17 bits per heavy atom. The molecule has 0 aromatic rings. The Bertz CT molecular complexity index is 33.7. The van der Waals surface area contributed by atoms with Crippen molar-refractivity contribution in [2.45, 2.75) is 32.9 Å². The molecule has 36 valence electrons. The molecule has 0 unspecified atom stereocenters. The van der Waals surface area contributed by atoms with E-state index in [1.165, 1.54) is 7.28 Å². The minimum absolute atomic E-state index is 0.542. The third kappa shape index (κ3) is 4.06. The third-order valence-corrected chi connectivity index (χ3v) is 1.06. The van der Waals surface area contributed by atoms with Crippen LogP contribution < -0.4 is 0 Å². The molecule has 0 saturated carbocycles. The molecule has 0 rings (SSSR count). The average Bonchev–Trinajstić information content (AvgIpc) is 1.35. The second-order valence-corrected chi connectivity index (χ2v) is 2.91. The van der Waals surface area contributed by atoms with E-state index in [2.05, 4.69) is 27.6 Å². The van der Waals surface area contributed by atoms with Crippen LogP contribution in [0.5, 0.6) is 0 Å². The van der Waals surface area contributed by atoms with Crippen LogP contribution in [0.15, 0.2) is 0 Å². The minimum Gasteiger partial charge on any atom is -0.0889 e. The van der Waals surface area contributed by atoms with E-state index in [9.17, 15) is 0 Å². The minimum atomic E-state index is 0.542. The molecule has 0 aromatic heterocycles. The maximum Gasteiger partial charge on any atom is 0.123 e. The average molecular weight is 84.0 g/mol. The summed E-state index contributed by atoms with van der Waals surface area (Å²) in [5.41, 5.74) is 0. The van der Waals surface area contributed by atoms with Crippen LogP contribution in [-0.2, 0) is 0 Å². The first kappa shape index (κ1) is 6.06. The third-order valence-electron chi connectivity index (χ3n) is 1.06. The molecule has 0 heterocycles. The largest absolute Gasteiger partial charge is 0.123 e. The zero-order chi connectivity index (χ0) is 5.21. The summed E-state index contributed by atoms with van der Waals surface area (Å²) < 4.78 is 0. The van der Waals surface area contributed by atoms with Gasteiger partial charge < -0.3 is 0 Å². The Morgan fingerprint density at radius 2 is 1.33 bits per heavy atom. The summed E-state index contributed by atoms with van der Waals surface area (Å²) in [7, 11) is 1.27. The summed E-state index contributed by atoms with van der Waals surface area (Å²) in [5.74, 6) is 0. The van der Waals surface area contributed by atoms with Crippen molar-refractivity contribution in [1.82, 2.24) is 0 Å². The first-order valence-corrected chi connectivity index (χ1v) is 2.56.